The fourth-order valence-electron chi connectivity index (χ4n) is 4.66. The third-order valence-electron chi connectivity index (χ3n) is 6.42. The summed E-state index contributed by atoms with van der Waals surface area (Å²) in [5, 5.41) is 32.8. The van der Waals surface area contributed by atoms with Gasteiger partial charge in [0.15, 0.2) is 6.23 Å². The summed E-state index contributed by atoms with van der Waals surface area (Å²) >= 11 is 0. The number of rotatable bonds is 7. The Labute approximate surface area is 207 Å². The van der Waals surface area contributed by atoms with Crippen molar-refractivity contribution >= 4 is 0 Å². The van der Waals surface area contributed by atoms with Gasteiger partial charge < -0.3 is 19.7 Å². The van der Waals surface area contributed by atoms with Gasteiger partial charge in [0.2, 0.25) is 0 Å². The lowest BCUT2D eigenvalue weighted by atomic mass is 9.80. The maximum atomic E-state index is 12.2. The molecule has 36 heavy (non-hydrogen) atoms. The van der Waals surface area contributed by atoms with Crippen LogP contribution in [0.3, 0.4) is 0 Å². The second-order valence-corrected chi connectivity index (χ2v) is 8.59. The van der Waals surface area contributed by atoms with E-state index in [1.54, 1.807) is 0 Å². The van der Waals surface area contributed by atoms with Gasteiger partial charge in [-0.2, -0.15) is 4.98 Å². The quantitative estimate of drug-likeness (QED) is 0.389. The standard InChI is InChI=1S/C28H25N2O6/c31-23-16-17-30(27(34)29-23)26-25(33)24(32)22(36-26)18-35-28(19-10-4-1-5-11-19,20-12-6-2-7-13-20)21-14-8-3-9-15-21/h1-17,22,24-26,32-33H,18H2. The zero-order valence-electron chi connectivity index (χ0n) is 19.3. The van der Waals surface area contributed by atoms with Gasteiger partial charge in [-0.3, -0.25) is 9.67 Å². The van der Waals surface area contributed by atoms with Gasteiger partial charge in [0.1, 0.15) is 23.9 Å². The van der Waals surface area contributed by atoms with E-state index in [4.69, 9.17) is 9.47 Å². The van der Waals surface area contributed by atoms with Crippen molar-refractivity contribution in [3.8, 4) is 5.88 Å². The first kappa shape index (κ1) is 23.9. The maximum absolute atomic E-state index is 12.2. The molecule has 4 unspecified atom stereocenters. The third-order valence-corrected chi connectivity index (χ3v) is 6.42. The van der Waals surface area contributed by atoms with E-state index >= 15 is 0 Å². The number of benzene rings is 3. The second kappa shape index (κ2) is 10.0. The summed E-state index contributed by atoms with van der Waals surface area (Å²) in [6.07, 6.45) is -3.74. The summed E-state index contributed by atoms with van der Waals surface area (Å²) in [4.78, 5) is 15.6. The molecule has 0 saturated carbocycles. The highest BCUT2D eigenvalue weighted by Crippen LogP contribution is 2.41. The van der Waals surface area contributed by atoms with E-state index in [0.717, 1.165) is 27.3 Å². The molecule has 1 radical (unpaired) electrons. The molecule has 0 aliphatic carbocycles. The van der Waals surface area contributed by atoms with Crippen molar-refractivity contribution in [1.29, 1.82) is 0 Å². The first-order chi connectivity index (χ1) is 17.5. The van der Waals surface area contributed by atoms with Gasteiger partial charge in [-0.05, 0) is 16.7 Å². The molecule has 3 aromatic carbocycles. The van der Waals surface area contributed by atoms with Crippen LogP contribution in [0.1, 0.15) is 22.9 Å². The fourth-order valence-corrected chi connectivity index (χ4v) is 4.66. The lowest BCUT2D eigenvalue weighted by molar-refractivity contribution is -0.0959. The van der Waals surface area contributed by atoms with Crippen LogP contribution in [0.4, 0.5) is 0 Å². The predicted molar refractivity (Wildman–Crippen MR) is 130 cm³/mol. The van der Waals surface area contributed by atoms with Crippen LogP contribution < -0.4 is 5.69 Å². The first-order valence-corrected chi connectivity index (χ1v) is 11.6. The van der Waals surface area contributed by atoms with E-state index in [2.05, 4.69) is 4.98 Å². The molecular formula is C28H25N2O6. The van der Waals surface area contributed by atoms with Gasteiger partial charge in [0.05, 0.1) is 6.61 Å². The summed E-state index contributed by atoms with van der Waals surface area (Å²) in [6, 6.07) is 30.3. The number of nitrogens with zero attached hydrogens (tertiary/aromatic N) is 2. The minimum atomic E-state index is -1.42. The molecule has 4 atom stereocenters. The van der Waals surface area contributed by atoms with Crippen LogP contribution in [0, 0.1) is 0 Å². The van der Waals surface area contributed by atoms with Gasteiger partial charge >= 0.3 is 5.69 Å². The molecular weight excluding hydrogens is 460 g/mol. The Morgan fingerprint density at radius 2 is 1.31 bits per heavy atom. The molecule has 1 fully saturated rings. The normalized spacial score (nSPS) is 21.9. The van der Waals surface area contributed by atoms with Crippen LogP contribution in [0.15, 0.2) is 108 Å². The lowest BCUT2D eigenvalue weighted by Gasteiger charge is -2.37. The van der Waals surface area contributed by atoms with Crippen LogP contribution in [-0.2, 0) is 20.2 Å². The molecule has 0 amide bonds. The second-order valence-electron chi connectivity index (χ2n) is 8.59. The number of hydrogen-bond donors (Lipinski definition) is 2. The Bertz CT molecular complexity index is 1250. The van der Waals surface area contributed by atoms with Gasteiger partial charge in [0.25, 0.3) is 5.88 Å². The maximum Gasteiger partial charge on any atom is 0.353 e. The van der Waals surface area contributed by atoms with Crippen LogP contribution in [-0.4, -0.2) is 44.7 Å². The topological polar surface area (TPSA) is 114 Å². The smallest absolute Gasteiger partial charge is 0.353 e. The lowest BCUT2D eigenvalue weighted by Crippen LogP contribution is -2.39. The van der Waals surface area contributed by atoms with Gasteiger partial charge in [-0.15, -0.1) is 0 Å². The Balaban J connectivity index is 1.52. The molecule has 0 bridgehead atoms. The third kappa shape index (κ3) is 4.31. The minimum Gasteiger partial charge on any atom is -0.387 e. The Morgan fingerprint density at radius 3 is 1.78 bits per heavy atom. The highest BCUT2D eigenvalue weighted by molar-refractivity contribution is 5.47. The van der Waals surface area contributed by atoms with E-state index < -0.39 is 41.7 Å². The number of aromatic nitrogens is 2. The van der Waals surface area contributed by atoms with E-state index in [1.807, 2.05) is 91.0 Å². The van der Waals surface area contributed by atoms with Crippen LogP contribution in [0.2, 0.25) is 0 Å². The summed E-state index contributed by atoms with van der Waals surface area (Å²) in [6.45, 7) is -0.102. The summed E-state index contributed by atoms with van der Waals surface area (Å²) in [7, 11) is 0. The molecule has 4 aromatic rings. The zero-order valence-corrected chi connectivity index (χ0v) is 19.3. The van der Waals surface area contributed by atoms with Crippen molar-refractivity contribution in [3.63, 3.8) is 0 Å². The molecule has 2 heterocycles. The molecule has 8 heteroatoms. The first-order valence-electron chi connectivity index (χ1n) is 11.6. The fraction of sp³-hybridized carbons (Fsp3) is 0.214. The summed E-state index contributed by atoms with van der Waals surface area (Å²) in [5.74, 6) is -0.692. The van der Waals surface area contributed by atoms with Crippen molar-refractivity contribution in [3.05, 3.63) is 130 Å². The summed E-state index contributed by atoms with van der Waals surface area (Å²) in [5.41, 5.74) is 0.709. The van der Waals surface area contributed by atoms with Crippen molar-refractivity contribution in [2.75, 3.05) is 6.61 Å². The molecule has 1 aliphatic rings. The monoisotopic (exact) mass is 485 g/mol. The number of aliphatic hydroxyl groups excluding tert-OH is 2. The van der Waals surface area contributed by atoms with Crippen molar-refractivity contribution in [2.45, 2.75) is 30.1 Å². The molecule has 1 aromatic heterocycles. The van der Waals surface area contributed by atoms with Crippen molar-refractivity contribution < 1.29 is 24.8 Å². The van der Waals surface area contributed by atoms with E-state index in [1.165, 1.54) is 6.20 Å². The summed E-state index contributed by atoms with van der Waals surface area (Å²) < 4.78 is 13.6. The van der Waals surface area contributed by atoms with Crippen LogP contribution >= 0.6 is 0 Å². The molecule has 1 saturated heterocycles. The molecule has 183 valence electrons. The van der Waals surface area contributed by atoms with Crippen LogP contribution in [0.25, 0.3) is 0 Å². The average molecular weight is 486 g/mol. The minimum absolute atomic E-state index is 0.102. The number of hydrogen-bond acceptors (Lipinski definition) is 6. The molecule has 1 aliphatic heterocycles. The molecule has 5 rings (SSSR count). The average Bonchev–Trinajstić information content (AvgIpc) is 3.19. The highest BCUT2D eigenvalue weighted by Gasteiger charge is 2.46. The Hall–Kier alpha value is -3.82. The van der Waals surface area contributed by atoms with E-state index in [0.29, 0.717) is 0 Å². The number of aliphatic hydroxyl groups is 2. The SMILES string of the molecule is [O]c1ccn(C2OC(COC(c3ccccc3)(c3ccccc3)c3ccccc3)C(O)C2O)c(=O)n1. The van der Waals surface area contributed by atoms with Crippen molar-refractivity contribution in [1.82, 2.24) is 9.55 Å². The zero-order chi connectivity index (χ0) is 25.1. The highest BCUT2D eigenvalue weighted by atomic mass is 16.6. The predicted octanol–water partition coefficient (Wildman–Crippen LogP) is 3.02. The van der Waals surface area contributed by atoms with Crippen molar-refractivity contribution in [2.24, 2.45) is 0 Å². The molecule has 2 N–H and O–H groups in total. The van der Waals surface area contributed by atoms with Crippen LogP contribution in [0.5, 0.6) is 5.88 Å². The number of ether oxygens (including phenoxy) is 2. The largest absolute Gasteiger partial charge is 0.387 e. The Morgan fingerprint density at radius 1 is 0.806 bits per heavy atom. The van der Waals surface area contributed by atoms with Gasteiger partial charge in [-0.25, -0.2) is 4.79 Å². The molecule has 0 spiro atoms. The van der Waals surface area contributed by atoms with Gasteiger partial charge in [0, 0.05) is 12.3 Å². The molecule has 8 nitrogen and oxygen atoms in total. The van der Waals surface area contributed by atoms with E-state index in [9.17, 15) is 20.1 Å². The van der Waals surface area contributed by atoms with E-state index in [-0.39, 0.29) is 6.61 Å². The Kier molecular flexibility index (Phi) is 6.67. The van der Waals surface area contributed by atoms with Gasteiger partial charge in [-0.1, -0.05) is 91.0 Å².